The average Bonchev–Trinajstić information content (AvgIpc) is 3.40. The number of nitrogens with zero attached hydrogens (tertiary/aromatic N) is 2. The highest BCUT2D eigenvalue weighted by Crippen LogP contribution is 2.34. The van der Waals surface area contributed by atoms with E-state index in [2.05, 4.69) is 5.32 Å². The molecule has 0 fully saturated rings. The highest BCUT2D eigenvalue weighted by molar-refractivity contribution is 7.15. The summed E-state index contributed by atoms with van der Waals surface area (Å²) in [5, 5.41) is 4.88. The Bertz CT molecular complexity index is 1300. The number of carbonyl (C=O) groups is 1. The van der Waals surface area contributed by atoms with Crippen molar-refractivity contribution in [1.82, 2.24) is 9.38 Å². The smallest absolute Gasteiger partial charge is 0.230 e. The van der Waals surface area contributed by atoms with E-state index in [4.69, 9.17) is 23.9 Å². The van der Waals surface area contributed by atoms with Crippen molar-refractivity contribution in [3.05, 3.63) is 53.7 Å². The number of benzene rings is 2. The molecule has 33 heavy (non-hydrogen) atoms. The predicted octanol–water partition coefficient (Wildman–Crippen LogP) is 4.45. The molecular weight excluding hydrogens is 466 g/mol. The van der Waals surface area contributed by atoms with Crippen molar-refractivity contribution >= 4 is 40.3 Å². The number of hydrogen-bond acceptors (Lipinski definition) is 7. The number of thiazole rings is 1. The number of amides is 1. The molecule has 2 aromatic heterocycles. The van der Waals surface area contributed by atoms with Crippen molar-refractivity contribution in [2.75, 3.05) is 32.8 Å². The molecule has 0 spiro atoms. The monoisotopic (exact) mass is 487 g/mol. The van der Waals surface area contributed by atoms with Crippen LogP contribution in [0, 0.1) is 0 Å². The van der Waals surface area contributed by atoms with E-state index in [0.717, 1.165) is 21.9 Å². The van der Waals surface area contributed by atoms with Crippen LogP contribution in [-0.2, 0) is 11.2 Å². The normalized spacial score (nSPS) is 12.2. The maximum Gasteiger partial charge on any atom is 0.230 e. The van der Waals surface area contributed by atoms with Crippen LogP contribution in [0.3, 0.4) is 0 Å². The molecular formula is C23H22ClN3O5S. The highest BCUT2D eigenvalue weighted by Gasteiger charge is 2.16. The molecule has 1 N–H and O–H groups in total. The van der Waals surface area contributed by atoms with Gasteiger partial charge < -0.3 is 24.3 Å². The molecule has 5 rings (SSSR count). The Morgan fingerprint density at radius 3 is 2.67 bits per heavy atom. The van der Waals surface area contributed by atoms with Crippen LogP contribution in [-0.4, -0.2) is 42.7 Å². The zero-order valence-corrected chi connectivity index (χ0v) is 19.6. The number of methoxy groups -OCH3 is 2. The van der Waals surface area contributed by atoms with Crippen molar-refractivity contribution in [1.29, 1.82) is 0 Å². The summed E-state index contributed by atoms with van der Waals surface area (Å²) in [6.45, 7) is 1.03. The third kappa shape index (κ3) is 4.55. The molecule has 1 aliphatic heterocycles. The lowest BCUT2D eigenvalue weighted by atomic mass is 10.1. The molecule has 8 nitrogen and oxygen atoms in total. The van der Waals surface area contributed by atoms with Gasteiger partial charge in [-0.25, -0.2) is 4.98 Å². The Morgan fingerprint density at radius 2 is 1.88 bits per heavy atom. The van der Waals surface area contributed by atoms with E-state index in [1.54, 1.807) is 32.4 Å². The minimum Gasteiger partial charge on any atom is -0.493 e. The van der Waals surface area contributed by atoms with Crippen LogP contribution < -0.4 is 24.3 Å². The Hall–Kier alpha value is -3.43. The van der Waals surface area contributed by atoms with Crippen LogP contribution in [0.4, 0.5) is 5.69 Å². The van der Waals surface area contributed by atoms with Crippen molar-refractivity contribution < 1.29 is 23.7 Å². The summed E-state index contributed by atoms with van der Waals surface area (Å²) in [6, 6.07) is 11.1. The second-order valence-corrected chi connectivity index (χ2v) is 8.00. The number of imidazole rings is 1. The lowest BCUT2D eigenvalue weighted by Crippen LogP contribution is -2.17. The van der Waals surface area contributed by atoms with Gasteiger partial charge in [0.2, 0.25) is 5.91 Å². The van der Waals surface area contributed by atoms with E-state index >= 15 is 0 Å². The minimum atomic E-state index is -0.122. The summed E-state index contributed by atoms with van der Waals surface area (Å²) < 4.78 is 23.7. The van der Waals surface area contributed by atoms with Crippen LogP contribution >= 0.6 is 23.7 Å². The SMILES string of the molecule is COc1ccc(-c2cn3c(CC(=O)Nc4ccc5c(c4)OCCO5)csc3n2)cc1OC.Cl. The fourth-order valence-corrected chi connectivity index (χ4v) is 4.45. The molecule has 0 radical (unpaired) electrons. The van der Waals surface area contributed by atoms with Gasteiger partial charge in [-0.15, -0.1) is 23.7 Å². The van der Waals surface area contributed by atoms with E-state index in [-0.39, 0.29) is 24.7 Å². The summed E-state index contributed by atoms with van der Waals surface area (Å²) >= 11 is 1.49. The molecule has 0 atom stereocenters. The van der Waals surface area contributed by atoms with Crippen LogP contribution in [0.2, 0.25) is 0 Å². The number of ether oxygens (including phenoxy) is 4. The van der Waals surface area contributed by atoms with Crippen LogP contribution in [0.25, 0.3) is 16.2 Å². The first-order valence-corrected chi connectivity index (χ1v) is 10.9. The summed E-state index contributed by atoms with van der Waals surface area (Å²) in [7, 11) is 3.21. The second-order valence-electron chi connectivity index (χ2n) is 7.16. The van der Waals surface area contributed by atoms with Crippen molar-refractivity contribution in [2.24, 2.45) is 0 Å². The first-order chi connectivity index (χ1) is 15.6. The topological polar surface area (TPSA) is 83.3 Å². The highest BCUT2D eigenvalue weighted by atomic mass is 35.5. The van der Waals surface area contributed by atoms with E-state index < -0.39 is 0 Å². The minimum absolute atomic E-state index is 0. The van der Waals surface area contributed by atoms with Gasteiger partial charge in [0.25, 0.3) is 0 Å². The van der Waals surface area contributed by atoms with Gasteiger partial charge in [-0.05, 0) is 30.3 Å². The molecule has 0 unspecified atom stereocenters. The van der Waals surface area contributed by atoms with Crippen LogP contribution in [0.5, 0.6) is 23.0 Å². The van der Waals surface area contributed by atoms with Gasteiger partial charge in [0.05, 0.1) is 26.3 Å². The van der Waals surface area contributed by atoms with E-state index in [0.29, 0.717) is 41.9 Å². The average molecular weight is 488 g/mol. The zero-order valence-electron chi connectivity index (χ0n) is 18.0. The first-order valence-electron chi connectivity index (χ1n) is 10.0. The van der Waals surface area contributed by atoms with Gasteiger partial charge in [0.1, 0.15) is 13.2 Å². The molecule has 172 valence electrons. The molecule has 0 saturated heterocycles. The molecule has 2 aromatic carbocycles. The molecule has 0 aliphatic carbocycles. The standard InChI is InChI=1S/C23H21N3O5S.ClH/c1-28-18-5-3-14(9-20(18)29-2)17-12-26-16(13-32-23(26)25-17)11-22(27)24-15-4-6-19-21(10-15)31-8-7-30-19;/h3-6,9-10,12-13H,7-8,11H2,1-2H3,(H,24,27);1H. The predicted molar refractivity (Wildman–Crippen MR) is 129 cm³/mol. The largest absolute Gasteiger partial charge is 0.493 e. The Balaban J connectivity index is 0.00000259. The lowest BCUT2D eigenvalue weighted by Gasteiger charge is -2.19. The van der Waals surface area contributed by atoms with E-state index in [9.17, 15) is 4.79 Å². The number of anilines is 1. The summed E-state index contributed by atoms with van der Waals surface area (Å²) in [5.41, 5.74) is 3.23. The fraction of sp³-hybridized carbons (Fsp3) is 0.217. The number of aromatic nitrogens is 2. The summed E-state index contributed by atoms with van der Waals surface area (Å²) in [4.78, 5) is 18.2. The summed E-state index contributed by atoms with van der Waals surface area (Å²) in [6.07, 6.45) is 2.15. The van der Waals surface area contributed by atoms with Crippen molar-refractivity contribution in [3.63, 3.8) is 0 Å². The van der Waals surface area contributed by atoms with Crippen LogP contribution in [0.15, 0.2) is 48.0 Å². The van der Waals surface area contributed by atoms with Gasteiger partial charge in [0, 0.05) is 34.6 Å². The Kier molecular flexibility index (Phi) is 6.62. The lowest BCUT2D eigenvalue weighted by molar-refractivity contribution is -0.115. The van der Waals surface area contributed by atoms with Gasteiger partial charge in [-0.3, -0.25) is 9.20 Å². The third-order valence-electron chi connectivity index (χ3n) is 5.13. The maximum atomic E-state index is 12.7. The quantitative estimate of drug-likeness (QED) is 0.432. The number of rotatable bonds is 6. The van der Waals surface area contributed by atoms with E-state index in [1.807, 2.05) is 34.2 Å². The number of nitrogens with one attached hydrogen (secondary N) is 1. The van der Waals surface area contributed by atoms with Crippen molar-refractivity contribution in [3.8, 4) is 34.3 Å². The Labute approximate surface area is 200 Å². The van der Waals surface area contributed by atoms with Gasteiger partial charge in [-0.1, -0.05) is 0 Å². The molecule has 1 aliphatic rings. The number of halogens is 1. The summed E-state index contributed by atoms with van der Waals surface area (Å²) in [5.74, 6) is 2.51. The molecule has 0 bridgehead atoms. The zero-order chi connectivity index (χ0) is 22.1. The number of hydrogen-bond donors (Lipinski definition) is 1. The first kappa shape index (κ1) is 22.8. The molecule has 1 amide bonds. The number of carbonyl (C=O) groups excluding carboxylic acids is 1. The Morgan fingerprint density at radius 1 is 1.09 bits per heavy atom. The van der Waals surface area contributed by atoms with Gasteiger partial charge >= 0.3 is 0 Å². The van der Waals surface area contributed by atoms with Crippen molar-refractivity contribution in [2.45, 2.75) is 6.42 Å². The molecule has 0 saturated carbocycles. The maximum absolute atomic E-state index is 12.7. The van der Waals surface area contributed by atoms with Gasteiger partial charge in [0.15, 0.2) is 28.0 Å². The van der Waals surface area contributed by atoms with Crippen LogP contribution in [0.1, 0.15) is 5.69 Å². The molecule has 3 heterocycles. The third-order valence-corrected chi connectivity index (χ3v) is 6.02. The fourth-order valence-electron chi connectivity index (χ4n) is 3.58. The molecule has 10 heteroatoms. The number of fused-ring (bicyclic) bond motifs is 2. The van der Waals surface area contributed by atoms with E-state index in [1.165, 1.54) is 11.3 Å². The second kappa shape index (κ2) is 9.60. The van der Waals surface area contributed by atoms with Gasteiger partial charge in [-0.2, -0.15) is 0 Å². The molecule has 4 aromatic rings.